The largest absolute Gasteiger partial charge is 0.444 e. The van der Waals surface area contributed by atoms with Gasteiger partial charge in [-0.2, -0.15) is 0 Å². The van der Waals surface area contributed by atoms with Crippen LogP contribution in [-0.2, 0) is 9.47 Å². The summed E-state index contributed by atoms with van der Waals surface area (Å²) in [5.41, 5.74) is 5.83. The summed E-state index contributed by atoms with van der Waals surface area (Å²) in [5.74, 6) is 7.82. The first kappa shape index (κ1) is 32.0. The number of aromatic nitrogens is 2. The van der Waals surface area contributed by atoms with Gasteiger partial charge in [-0.1, -0.05) is 24.0 Å². The van der Waals surface area contributed by atoms with Crippen LogP contribution in [0.5, 0.6) is 0 Å². The Morgan fingerprint density at radius 1 is 0.896 bits per heavy atom. The Morgan fingerprint density at radius 3 is 2.35 bits per heavy atom. The summed E-state index contributed by atoms with van der Waals surface area (Å²) < 4.78 is 11.4. The van der Waals surface area contributed by atoms with Gasteiger partial charge in [0.05, 0.1) is 23.1 Å². The molecule has 0 unspecified atom stereocenters. The summed E-state index contributed by atoms with van der Waals surface area (Å²) >= 11 is 0. The van der Waals surface area contributed by atoms with E-state index < -0.39 is 11.2 Å². The molecule has 1 saturated carbocycles. The first-order valence-corrected chi connectivity index (χ1v) is 17.2. The first-order chi connectivity index (χ1) is 22.8. The fourth-order valence-electron chi connectivity index (χ4n) is 7.57. The maximum Gasteiger partial charge on any atom is 0.411 e. The molecule has 3 fully saturated rings. The number of nitrogens with zero attached hydrogens (tertiary/aromatic N) is 4. The topological polar surface area (TPSA) is 100 Å². The highest BCUT2D eigenvalue weighted by Crippen LogP contribution is 2.45. The average Bonchev–Trinajstić information content (AvgIpc) is 3.85. The number of carbonyl (C=O) groups excluding carboxylic acids is 2. The minimum absolute atomic E-state index is 0.0165. The number of benzene rings is 2. The molecule has 2 aromatic carbocycles. The van der Waals surface area contributed by atoms with Gasteiger partial charge in [-0.05, 0) is 121 Å². The second kappa shape index (κ2) is 12.1. The molecule has 48 heavy (non-hydrogen) atoms. The van der Waals surface area contributed by atoms with Crippen molar-refractivity contribution in [3.8, 4) is 11.8 Å². The van der Waals surface area contributed by atoms with Crippen LogP contribution in [0.15, 0.2) is 53.7 Å². The van der Waals surface area contributed by atoms with E-state index in [1.54, 1.807) is 4.90 Å². The highest BCUT2D eigenvalue weighted by molar-refractivity contribution is 6.03. The van der Waals surface area contributed by atoms with Gasteiger partial charge in [-0.25, -0.2) is 14.6 Å². The lowest BCUT2D eigenvalue weighted by atomic mass is 9.90. The third-order valence-electron chi connectivity index (χ3n) is 9.59. The third-order valence-corrected chi connectivity index (χ3v) is 9.59. The molecule has 2 saturated heterocycles. The van der Waals surface area contributed by atoms with Crippen molar-refractivity contribution >= 4 is 34.5 Å². The Morgan fingerprint density at radius 2 is 1.60 bits per heavy atom. The minimum atomic E-state index is -0.542. The van der Waals surface area contributed by atoms with Crippen LogP contribution in [0.1, 0.15) is 109 Å². The number of amides is 2. The molecule has 3 aliphatic heterocycles. The van der Waals surface area contributed by atoms with Gasteiger partial charge in [-0.15, -0.1) is 0 Å². The molecule has 1 aromatic heterocycles. The number of hydrogen-bond acceptors (Lipinski definition) is 6. The van der Waals surface area contributed by atoms with Crippen LogP contribution in [0.3, 0.4) is 0 Å². The first-order valence-electron chi connectivity index (χ1n) is 17.2. The number of fused-ring (bicyclic) bond motifs is 3. The van der Waals surface area contributed by atoms with Crippen molar-refractivity contribution in [3.05, 3.63) is 71.2 Å². The lowest BCUT2D eigenvalue weighted by Crippen LogP contribution is -2.50. The summed E-state index contributed by atoms with van der Waals surface area (Å²) in [6.45, 7) is 12.1. The molecule has 7 rings (SSSR count). The number of hydrogen-bond donors (Lipinski definition) is 1. The van der Waals surface area contributed by atoms with Gasteiger partial charge in [-0.3, -0.25) is 14.8 Å². The molecule has 3 aromatic rings. The van der Waals surface area contributed by atoms with E-state index in [0.717, 1.165) is 83.4 Å². The van der Waals surface area contributed by atoms with E-state index in [-0.39, 0.29) is 30.3 Å². The zero-order chi connectivity index (χ0) is 33.8. The number of aromatic amines is 1. The van der Waals surface area contributed by atoms with Crippen LogP contribution in [0.25, 0.3) is 16.6 Å². The highest BCUT2D eigenvalue weighted by atomic mass is 16.6. The Bertz CT molecular complexity index is 1860. The number of rotatable bonds is 3. The Kier molecular flexibility index (Phi) is 8.09. The van der Waals surface area contributed by atoms with Crippen LogP contribution in [0.4, 0.5) is 9.59 Å². The summed E-state index contributed by atoms with van der Waals surface area (Å²) in [6.07, 6.45) is 7.15. The van der Waals surface area contributed by atoms with Crippen LogP contribution in [-0.4, -0.2) is 67.5 Å². The van der Waals surface area contributed by atoms with E-state index in [9.17, 15) is 9.59 Å². The average molecular weight is 648 g/mol. The second-order valence-electron chi connectivity index (χ2n) is 15.5. The van der Waals surface area contributed by atoms with Gasteiger partial charge in [0, 0.05) is 42.0 Å². The predicted octanol–water partition coefficient (Wildman–Crippen LogP) is 8.01. The number of aliphatic imine (C=N–C) groups is 1. The number of likely N-dealkylation sites (tertiary alicyclic amines) is 2. The molecular weight excluding hydrogens is 602 g/mol. The molecule has 4 heterocycles. The summed E-state index contributed by atoms with van der Waals surface area (Å²) in [7, 11) is 0. The van der Waals surface area contributed by atoms with Gasteiger partial charge in [0.1, 0.15) is 17.0 Å². The maximum atomic E-state index is 13.2. The van der Waals surface area contributed by atoms with Gasteiger partial charge in [0.25, 0.3) is 0 Å². The Labute approximate surface area is 282 Å². The maximum absolute atomic E-state index is 13.2. The van der Waals surface area contributed by atoms with Gasteiger partial charge >= 0.3 is 12.2 Å². The molecule has 4 aliphatic rings. The van der Waals surface area contributed by atoms with Crippen molar-refractivity contribution in [2.75, 3.05) is 6.54 Å². The normalized spacial score (nSPS) is 23.6. The monoisotopic (exact) mass is 647 g/mol. The number of carbonyl (C=O) groups is 2. The van der Waals surface area contributed by atoms with E-state index in [0.29, 0.717) is 12.5 Å². The Hall–Kier alpha value is -4.58. The number of allylic oxidation sites excluding steroid dienone is 1. The van der Waals surface area contributed by atoms with Crippen molar-refractivity contribution in [1.82, 2.24) is 19.8 Å². The molecule has 4 atom stereocenters. The summed E-state index contributed by atoms with van der Waals surface area (Å²) in [4.78, 5) is 42.8. The molecule has 2 bridgehead atoms. The molecule has 0 radical (unpaired) electrons. The molecule has 9 nitrogen and oxygen atoms in total. The molecule has 0 spiro atoms. The van der Waals surface area contributed by atoms with Crippen molar-refractivity contribution < 1.29 is 19.1 Å². The van der Waals surface area contributed by atoms with Crippen molar-refractivity contribution in [2.24, 2.45) is 10.9 Å². The molecule has 250 valence electrons. The lowest BCUT2D eigenvalue weighted by molar-refractivity contribution is 0.0141. The lowest BCUT2D eigenvalue weighted by Gasteiger charge is -2.36. The summed E-state index contributed by atoms with van der Waals surface area (Å²) in [6, 6.07) is 14.4. The van der Waals surface area contributed by atoms with Crippen molar-refractivity contribution in [1.29, 1.82) is 0 Å². The van der Waals surface area contributed by atoms with Crippen LogP contribution >= 0.6 is 0 Å². The van der Waals surface area contributed by atoms with Crippen LogP contribution in [0, 0.1) is 17.8 Å². The zero-order valence-corrected chi connectivity index (χ0v) is 28.8. The standard InChI is InChI=1S/C39H45N5O4/c1-38(2,3)47-36(45)43-19-7-8-33(43)35-41-30-18-13-25(20-31(30)42-35)10-9-24-11-14-26(15-12-24)28-22-32(40-23-28)34-27-16-17-29(21-27)44(34)37(46)48-39(4,5)6/h11-15,18,20,23,27,29,33-34H,7-8,16-17,19,21-22H2,1-6H3,(H,41,42)/t27-,29+,33-,34-/m0/s1. The van der Waals surface area contributed by atoms with Gasteiger partial charge in [0.15, 0.2) is 0 Å². The minimum Gasteiger partial charge on any atom is -0.444 e. The van der Waals surface area contributed by atoms with Crippen molar-refractivity contribution in [2.45, 2.75) is 109 Å². The van der Waals surface area contributed by atoms with Crippen molar-refractivity contribution in [3.63, 3.8) is 0 Å². The van der Waals surface area contributed by atoms with Crippen LogP contribution in [0.2, 0.25) is 0 Å². The SMILES string of the molecule is CC(C)(C)OC(=O)N1CCC[C@H]1c1nc2ccc(C#Cc3ccc(C4=CN=C([C@@H]5[C@H]6CC[C@H](C6)N5C(=O)OC(C)(C)C)C4)cc3)cc2[nH]1. The van der Waals surface area contributed by atoms with Crippen LogP contribution < -0.4 is 0 Å². The number of H-pyrrole nitrogens is 1. The molecule has 1 aliphatic carbocycles. The van der Waals surface area contributed by atoms with E-state index >= 15 is 0 Å². The fraction of sp³-hybridized carbons (Fsp3) is 0.487. The molecule has 1 N–H and O–H groups in total. The zero-order valence-electron chi connectivity index (χ0n) is 28.8. The van der Waals surface area contributed by atoms with Gasteiger partial charge in [0.2, 0.25) is 0 Å². The number of ether oxygens (including phenoxy) is 2. The Balaban J connectivity index is 1.000. The van der Waals surface area contributed by atoms with E-state index in [4.69, 9.17) is 19.5 Å². The smallest absolute Gasteiger partial charge is 0.411 e. The molecule has 2 amide bonds. The van der Waals surface area contributed by atoms with E-state index in [1.807, 2.05) is 83.0 Å². The second-order valence-corrected chi connectivity index (χ2v) is 15.5. The van der Waals surface area contributed by atoms with E-state index in [1.165, 1.54) is 0 Å². The number of imidazole rings is 1. The number of nitrogens with one attached hydrogen (secondary N) is 1. The summed E-state index contributed by atoms with van der Waals surface area (Å²) in [5, 5.41) is 0. The number of piperidine rings is 1. The molecular formula is C39H45N5O4. The van der Waals surface area contributed by atoms with E-state index in [2.05, 4.69) is 29.0 Å². The van der Waals surface area contributed by atoms with Gasteiger partial charge < -0.3 is 14.5 Å². The fourth-order valence-corrected chi connectivity index (χ4v) is 7.57. The highest BCUT2D eigenvalue weighted by Gasteiger charge is 2.51. The predicted molar refractivity (Wildman–Crippen MR) is 186 cm³/mol. The third kappa shape index (κ3) is 6.58. The molecule has 9 heteroatoms. The quantitative estimate of drug-likeness (QED) is 0.290.